The van der Waals surface area contributed by atoms with Crippen LogP contribution in [0.5, 0.6) is 0 Å². The molecule has 0 unspecified atom stereocenters. The summed E-state index contributed by atoms with van der Waals surface area (Å²) in [6, 6.07) is 0. The summed E-state index contributed by atoms with van der Waals surface area (Å²) in [5.74, 6) is -0.274. The standard InChI is InChI=1S/C9H17NO2/c1-4-10(5-2)8-7-9(11)12-6-3/h7-8H,4-6H2,1-3H3. The summed E-state index contributed by atoms with van der Waals surface area (Å²) in [6.07, 6.45) is 3.22. The number of esters is 1. The first kappa shape index (κ1) is 11.0. The molecule has 0 bridgehead atoms. The van der Waals surface area contributed by atoms with E-state index in [4.69, 9.17) is 4.74 Å². The number of hydrogen-bond donors (Lipinski definition) is 0. The Morgan fingerprint density at radius 2 is 1.92 bits per heavy atom. The molecule has 0 aromatic heterocycles. The molecule has 0 saturated carbocycles. The average molecular weight is 171 g/mol. The lowest BCUT2D eigenvalue weighted by molar-refractivity contribution is -0.137. The summed E-state index contributed by atoms with van der Waals surface area (Å²) in [5.41, 5.74) is 0. The Balaban J connectivity index is 3.78. The predicted octanol–water partition coefficient (Wildman–Crippen LogP) is 1.41. The maximum Gasteiger partial charge on any atom is 0.332 e. The zero-order valence-electron chi connectivity index (χ0n) is 8.04. The van der Waals surface area contributed by atoms with E-state index in [0.29, 0.717) is 6.61 Å². The van der Waals surface area contributed by atoms with Crippen molar-refractivity contribution in [2.24, 2.45) is 0 Å². The number of hydrogen-bond acceptors (Lipinski definition) is 3. The topological polar surface area (TPSA) is 29.5 Å². The zero-order chi connectivity index (χ0) is 9.40. The number of nitrogens with zero attached hydrogens (tertiary/aromatic N) is 1. The molecule has 0 amide bonds. The third-order valence-electron chi connectivity index (χ3n) is 1.52. The van der Waals surface area contributed by atoms with Crippen molar-refractivity contribution in [1.82, 2.24) is 4.90 Å². The number of carbonyl (C=O) groups is 1. The smallest absolute Gasteiger partial charge is 0.332 e. The van der Waals surface area contributed by atoms with Gasteiger partial charge in [-0.1, -0.05) is 0 Å². The molecular formula is C9H17NO2. The van der Waals surface area contributed by atoms with E-state index in [1.54, 1.807) is 13.1 Å². The minimum atomic E-state index is -0.274. The lowest BCUT2D eigenvalue weighted by Crippen LogP contribution is -2.16. The van der Waals surface area contributed by atoms with Crippen LogP contribution in [0.4, 0.5) is 0 Å². The van der Waals surface area contributed by atoms with Crippen molar-refractivity contribution < 1.29 is 9.53 Å². The van der Waals surface area contributed by atoms with Gasteiger partial charge in [0.2, 0.25) is 0 Å². The van der Waals surface area contributed by atoms with Gasteiger partial charge in [-0.2, -0.15) is 0 Å². The first-order chi connectivity index (χ1) is 5.74. The van der Waals surface area contributed by atoms with Gasteiger partial charge in [0.1, 0.15) is 0 Å². The molecule has 0 heterocycles. The Kier molecular flexibility index (Phi) is 6.15. The molecule has 0 aliphatic heterocycles. The van der Waals surface area contributed by atoms with Gasteiger partial charge in [0.25, 0.3) is 0 Å². The molecular weight excluding hydrogens is 154 g/mol. The van der Waals surface area contributed by atoms with E-state index in [0.717, 1.165) is 13.1 Å². The van der Waals surface area contributed by atoms with Gasteiger partial charge in [-0.05, 0) is 20.8 Å². The number of ether oxygens (including phenoxy) is 1. The van der Waals surface area contributed by atoms with E-state index in [-0.39, 0.29) is 5.97 Å². The number of rotatable bonds is 5. The molecule has 12 heavy (non-hydrogen) atoms. The van der Waals surface area contributed by atoms with Crippen molar-refractivity contribution in [3.8, 4) is 0 Å². The molecule has 0 aromatic carbocycles. The lowest BCUT2D eigenvalue weighted by Gasteiger charge is -2.13. The molecule has 3 nitrogen and oxygen atoms in total. The molecule has 70 valence electrons. The molecule has 0 rings (SSSR count). The van der Waals surface area contributed by atoms with Crippen molar-refractivity contribution in [1.29, 1.82) is 0 Å². The fraction of sp³-hybridized carbons (Fsp3) is 0.667. The van der Waals surface area contributed by atoms with Crippen LogP contribution < -0.4 is 0 Å². The number of carbonyl (C=O) groups excluding carboxylic acids is 1. The summed E-state index contributed by atoms with van der Waals surface area (Å²) in [6.45, 7) is 8.13. The molecule has 0 atom stereocenters. The van der Waals surface area contributed by atoms with Gasteiger partial charge in [0.15, 0.2) is 0 Å². The Bertz CT molecular complexity index is 151. The van der Waals surface area contributed by atoms with Crippen LogP contribution in [0.1, 0.15) is 20.8 Å². The maximum absolute atomic E-state index is 10.8. The van der Waals surface area contributed by atoms with Gasteiger partial charge in [-0.15, -0.1) is 0 Å². The highest BCUT2D eigenvalue weighted by atomic mass is 16.5. The van der Waals surface area contributed by atoms with Gasteiger partial charge in [-0.25, -0.2) is 4.79 Å². The molecule has 0 spiro atoms. The van der Waals surface area contributed by atoms with Crippen molar-refractivity contribution >= 4 is 5.97 Å². The Hall–Kier alpha value is -0.990. The predicted molar refractivity (Wildman–Crippen MR) is 48.7 cm³/mol. The highest BCUT2D eigenvalue weighted by molar-refractivity contribution is 5.81. The molecule has 0 aromatic rings. The second-order valence-corrected chi connectivity index (χ2v) is 2.29. The summed E-state index contributed by atoms with van der Waals surface area (Å²) in [4.78, 5) is 12.9. The van der Waals surface area contributed by atoms with Gasteiger partial charge in [-0.3, -0.25) is 0 Å². The Morgan fingerprint density at radius 1 is 1.33 bits per heavy atom. The van der Waals surface area contributed by atoms with Crippen LogP contribution in [0.25, 0.3) is 0 Å². The summed E-state index contributed by atoms with van der Waals surface area (Å²) >= 11 is 0. The van der Waals surface area contributed by atoms with Crippen LogP contribution in [-0.4, -0.2) is 30.6 Å². The SMILES string of the molecule is CCOC(=O)C=CN(CC)CC. The molecule has 0 radical (unpaired) electrons. The van der Waals surface area contributed by atoms with E-state index in [2.05, 4.69) is 0 Å². The van der Waals surface area contributed by atoms with Crippen molar-refractivity contribution in [2.75, 3.05) is 19.7 Å². The molecule has 0 saturated heterocycles. The molecule has 0 aliphatic carbocycles. The van der Waals surface area contributed by atoms with Crippen LogP contribution in [0.2, 0.25) is 0 Å². The first-order valence-electron chi connectivity index (χ1n) is 4.33. The highest BCUT2D eigenvalue weighted by Gasteiger charge is 1.94. The fourth-order valence-electron chi connectivity index (χ4n) is 0.791. The first-order valence-corrected chi connectivity index (χ1v) is 4.33. The summed E-state index contributed by atoms with van der Waals surface area (Å²) in [7, 11) is 0. The zero-order valence-corrected chi connectivity index (χ0v) is 8.04. The summed E-state index contributed by atoms with van der Waals surface area (Å²) in [5, 5.41) is 0. The van der Waals surface area contributed by atoms with Crippen LogP contribution in [-0.2, 0) is 9.53 Å². The van der Waals surface area contributed by atoms with Gasteiger partial charge in [0, 0.05) is 25.4 Å². The average Bonchev–Trinajstić information content (AvgIpc) is 2.07. The molecule has 0 fully saturated rings. The normalized spacial score (nSPS) is 10.2. The minimum absolute atomic E-state index is 0.274. The van der Waals surface area contributed by atoms with E-state index in [9.17, 15) is 4.79 Å². The van der Waals surface area contributed by atoms with Crippen LogP contribution in [0.15, 0.2) is 12.3 Å². The highest BCUT2D eigenvalue weighted by Crippen LogP contribution is 1.89. The van der Waals surface area contributed by atoms with Crippen molar-refractivity contribution in [2.45, 2.75) is 20.8 Å². The third kappa shape index (κ3) is 4.77. The second kappa shape index (κ2) is 6.70. The maximum atomic E-state index is 10.8. The molecule has 3 heteroatoms. The quantitative estimate of drug-likeness (QED) is 0.462. The van der Waals surface area contributed by atoms with Crippen molar-refractivity contribution in [3.05, 3.63) is 12.3 Å². The monoisotopic (exact) mass is 171 g/mol. The van der Waals surface area contributed by atoms with Crippen LogP contribution in [0.3, 0.4) is 0 Å². The van der Waals surface area contributed by atoms with E-state index in [1.165, 1.54) is 6.08 Å². The van der Waals surface area contributed by atoms with Crippen molar-refractivity contribution in [3.63, 3.8) is 0 Å². The second-order valence-electron chi connectivity index (χ2n) is 2.29. The van der Waals surface area contributed by atoms with E-state index in [1.807, 2.05) is 18.7 Å². The Labute approximate surface area is 74.0 Å². The van der Waals surface area contributed by atoms with E-state index >= 15 is 0 Å². The van der Waals surface area contributed by atoms with Crippen LogP contribution in [0, 0.1) is 0 Å². The summed E-state index contributed by atoms with van der Waals surface area (Å²) < 4.78 is 4.73. The van der Waals surface area contributed by atoms with E-state index < -0.39 is 0 Å². The van der Waals surface area contributed by atoms with Gasteiger partial charge in [0.05, 0.1) is 6.61 Å². The van der Waals surface area contributed by atoms with Gasteiger partial charge >= 0.3 is 5.97 Å². The third-order valence-corrected chi connectivity index (χ3v) is 1.52. The largest absolute Gasteiger partial charge is 0.463 e. The Morgan fingerprint density at radius 3 is 2.33 bits per heavy atom. The van der Waals surface area contributed by atoms with Gasteiger partial charge < -0.3 is 9.64 Å². The minimum Gasteiger partial charge on any atom is -0.463 e. The molecule has 0 N–H and O–H groups in total. The van der Waals surface area contributed by atoms with Crippen LogP contribution >= 0.6 is 0 Å². The fourth-order valence-corrected chi connectivity index (χ4v) is 0.791. The molecule has 0 aliphatic rings. The lowest BCUT2D eigenvalue weighted by atomic mass is 10.5.